The summed E-state index contributed by atoms with van der Waals surface area (Å²) in [4.78, 5) is 25.5. The number of methoxy groups -OCH3 is 1. The van der Waals surface area contributed by atoms with Crippen LogP contribution >= 0.6 is 0 Å². The van der Waals surface area contributed by atoms with E-state index in [0.717, 1.165) is 24.1 Å². The fourth-order valence-corrected chi connectivity index (χ4v) is 2.82. The van der Waals surface area contributed by atoms with Gasteiger partial charge in [0.25, 0.3) is 5.88 Å². The molecule has 144 valence electrons. The van der Waals surface area contributed by atoms with Gasteiger partial charge in [0, 0.05) is 12.2 Å². The van der Waals surface area contributed by atoms with Crippen LogP contribution in [-0.2, 0) is 11.2 Å². The highest BCUT2D eigenvalue weighted by atomic mass is 16.6. The first-order valence-electron chi connectivity index (χ1n) is 8.53. The topological polar surface area (TPSA) is 119 Å². The van der Waals surface area contributed by atoms with Crippen LogP contribution in [-0.4, -0.2) is 49.2 Å². The zero-order chi connectivity index (χ0) is 19.2. The monoisotopic (exact) mass is 375 g/mol. The van der Waals surface area contributed by atoms with E-state index < -0.39 is 0 Å². The number of rotatable bonds is 5. The van der Waals surface area contributed by atoms with Crippen molar-refractivity contribution in [1.29, 1.82) is 0 Å². The third-order valence-corrected chi connectivity index (χ3v) is 4.09. The highest BCUT2D eigenvalue weighted by Crippen LogP contribution is 2.30. The molecule has 3 rings (SSSR count). The molecule has 1 aromatic carbocycles. The van der Waals surface area contributed by atoms with E-state index in [1.54, 1.807) is 17.9 Å². The van der Waals surface area contributed by atoms with E-state index in [9.17, 15) is 9.59 Å². The van der Waals surface area contributed by atoms with Gasteiger partial charge in [0.1, 0.15) is 12.3 Å². The number of benzene rings is 1. The van der Waals surface area contributed by atoms with Gasteiger partial charge >= 0.3 is 12.1 Å². The molecule has 2 heterocycles. The molecule has 1 aliphatic rings. The molecule has 0 atom stereocenters. The minimum absolute atomic E-state index is 0.237. The summed E-state index contributed by atoms with van der Waals surface area (Å²) in [6.45, 7) is 2.86. The lowest BCUT2D eigenvalue weighted by atomic mass is 10.0. The number of ether oxygens (including phenoxy) is 2. The molecule has 1 aliphatic heterocycles. The molecule has 10 heteroatoms. The predicted molar refractivity (Wildman–Crippen MR) is 96.1 cm³/mol. The molecule has 2 aromatic rings. The van der Waals surface area contributed by atoms with Crippen LogP contribution in [0.1, 0.15) is 17.7 Å². The smallest absolute Gasteiger partial charge is 0.414 e. The van der Waals surface area contributed by atoms with Crippen molar-refractivity contribution in [3.05, 3.63) is 29.5 Å². The van der Waals surface area contributed by atoms with E-state index in [1.807, 2.05) is 12.1 Å². The molecule has 0 aliphatic carbocycles. The molecular weight excluding hydrogens is 354 g/mol. The first-order chi connectivity index (χ1) is 13.1. The number of urea groups is 1. The Morgan fingerprint density at radius 2 is 2.19 bits per heavy atom. The van der Waals surface area contributed by atoms with Crippen LogP contribution in [0, 0.1) is 6.92 Å². The van der Waals surface area contributed by atoms with E-state index in [-0.39, 0.29) is 18.7 Å². The van der Waals surface area contributed by atoms with Crippen LogP contribution in [0.3, 0.4) is 0 Å². The summed E-state index contributed by atoms with van der Waals surface area (Å²) in [5.41, 5.74) is 3.00. The molecule has 0 spiro atoms. The molecular formula is C17H21N5O5. The number of aromatic nitrogens is 2. The van der Waals surface area contributed by atoms with Crippen LogP contribution in [0.15, 0.2) is 22.8 Å². The van der Waals surface area contributed by atoms with Crippen molar-refractivity contribution in [2.75, 3.05) is 37.0 Å². The number of carbonyl (C=O) groups excluding carboxylic acids is 2. The number of amides is 3. The zero-order valence-corrected chi connectivity index (χ0v) is 15.2. The Hall–Kier alpha value is -3.30. The zero-order valence-electron chi connectivity index (χ0n) is 15.2. The molecule has 0 radical (unpaired) electrons. The molecule has 27 heavy (non-hydrogen) atoms. The average molecular weight is 375 g/mol. The van der Waals surface area contributed by atoms with Crippen LogP contribution in [0.4, 0.5) is 21.0 Å². The van der Waals surface area contributed by atoms with Crippen molar-refractivity contribution in [2.24, 2.45) is 0 Å². The fourth-order valence-electron chi connectivity index (χ4n) is 2.82. The van der Waals surface area contributed by atoms with Gasteiger partial charge in [-0.05, 0) is 48.7 Å². The molecule has 0 saturated carbocycles. The van der Waals surface area contributed by atoms with Gasteiger partial charge in [0.2, 0.25) is 0 Å². The minimum Gasteiger partial charge on any atom is -0.472 e. The number of fused-ring (bicyclic) bond motifs is 1. The highest BCUT2D eigenvalue weighted by molar-refractivity contribution is 5.92. The molecule has 2 N–H and O–H groups in total. The first-order valence-corrected chi connectivity index (χ1v) is 8.53. The van der Waals surface area contributed by atoms with Crippen molar-refractivity contribution in [3.63, 3.8) is 0 Å². The van der Waals surface area contributed by atoms with Gasteiger partial charge in [0.05, 0.1) is 19.3 Å². The predicted octanol–water partition coefficient (Wildman–Crippen LogP) is 2.10. The molecule has 0 saturated heterocycles. The van der Waals surface area contributed by atoms with E-state index in [0.29, 0.717) is 30.4 Å². The molecule has 0 unspecified atom stereocenters. The highest BCUT2D eigenvalue weighted by Gasteiger charge is 2.23. The Kier molecular flexibility index (Phi) is 5.74. The Morgan fingerprint density at radius 3 is 2.93 bits per heavy atom. The van der Waals surface area contributed by atoms with Crippen LogP contribution in [0.25, 0.3) is 0 Å². The summed E-state index contributed by atoms with van der Waals surface area (Å²) >= 11 is 0. The first kappa shape index (κ1) is 18.5. The van der Waals surface area contributed by atoms with E-state index >= 15 is 0 Å². The number of carbonyl (C=O) groups is 2. The lowest BCUT2D eigenvalue weighted by Crippen LogP contribution is -2.35. The summed E-state index contributed by atoms with van der Waals surface area (Å²) in [5, 5.41) is 12.7. The fraction of sp³-hybridized carbons (Fsp3) is 0.412. The summed E-state index contributed by atoms with van der Waals surface area (Å²) in [6.07, 6.45) is 1.29. The Bertz CT molecular complexity index is 822. The Morgan fingerprint density at radius 1 is 1.33 bits per heavy atom. The summed E-state index contributed by atoms with van der Waals surface area (Å²) in [5.74, 6) is 0.307. The van der Waals surface area contributed by atoms with E-state index in [4.69, 9.17) is 9.47 Å². The maximum absolute atomic E-state index is 12.0. The third kappa shape index (κ3) is 4.46. The Labute approximate surface area is 155 Å². The van der Waals surface area contributed by atoms with Gasteiger partial charge in [0.15, 0.2) is 0 Å². The van der Waals surface area contributed by atoms with Gasteiger partial charge < -0.3 is 20.1 Å². The number of aryl methyl sites for hydroxylation is 2. The van der Waals surface area contributed by atoms with Gasteiger partial charge in [-0.2, -0.15) is 0 Å². The van der Waals surface area contributed by atoms with Crippen molar-refractivity contribution in [2.45, 2.75) is 19.8 Å². The molecule has 1 aromatic heterocycles. The number of nitrogens with zero attached hydrogens (tertiary/aromatic N) is 3. The van der Waals surface area contributed by atoms with Crippen LogP contribution in [0.5, 0.6) is 5.88 Å². The van der Waals surface area contributed by atoms with Crippen LogP contribution < -0.4 is 20.3 Å². The van der Waals surface area contributed by atoms with Gasteiger partial charge in [-0.1, -0.05) is 5.16 Å². The Balaban J connectivity index is 1.51. The number of nitrogens with one attached hydrogen (secondary N) is 2. The van der Waals surface area contributed by atoms with Gasteiger partial charge in [-0.3, -0.25) is 4.90 Å². The van der Waals surface area contributed by atoms with Crippen molar-refractivity contribution < 1.29 is 23.7 Å². The van der Waals surface area contributed by atoms with Gasteiger partial charge in [-0.25, -0.2) is 14.2 Å². The maximum atomic E-state index is 12.0. The SMILES string of the molecule is COC(=O)N1CCCc2cc(NC(=O)NCCOc3nonc3C)ccc21. The molecule has 3 amide bonds. The number of hydrogen-bond donors (Lipinski definition) is 2. The molecule has 0 bridgehead atoms. The van der Waals surface area contributed by atoms with E-state index in [1.165, 1.54) is 7.11 Å². The van der Waals surface area contributed by atoms with Crippen molar-refractivity contribution in [1.82, 2.24) is 15.6 Å². The molecule has 10 nitrogen and oxygen atoms in total. The lowest BCUT2D eigenvalue weighted by molar-refractivity contribution is 0.178. The third-order valence-electron chi connectivity index (χ3n) is 4.09. The largest absolute Gasteiger partial charge is 0.472 e. The number of hydrogen-bond acceptors (Lipinski definition) is 7. The maximum Gasteiger partial charge on any atom is 0.414 e. The standard InChI is InChI=1S/C17H21N5O5/c1-11-15(21-27-20-11)26-9-7-18-16(23)19-13-5-6-14-12(10-13)4-3-8-22(14)17(24)25-2/h5-6,10H,3-4,7-9H2,1-2H3,(H2,18,19,23). The van der Waals surface area contributed by atoms with Crippen molar-refractivity contribution >= 4 is 23.5 Å². The van der Waals surface area contributed by atoms with Crippen molar-refractivity contribution in [3.8, 4) is 5.88 Å². The second-order valence-electron chi connectivity index (χ2n) is 5.95. The normalized spacial score (nSPS) is 12.9. The number of anilines is 2. The second kappa shape index (κ2) is 8.39. The summed E-state index contributed by atoms with van der Waals surface area (Å²) in [7, 11) is 1.36. The minimum atomic E-state index is -0.382. The average Bonchev–Trinajstić information content (AvgIpc) is 3.08. The quantitative estimate of drug-likeness (QED) is 0.768. The molecule has 0 fully saturated rings. The second-order valence-corrected chi connectivity index (χ2v) is 5.95. The van der Waals surface area contributed by atoms with Crippen LogP contribution in [0.2, 0.25) is 0 Å². The van der Waals surface area contributed by atoms with Gasteiger partial charge in [-0.15, -0.1) is 0 Å². The van der Waals surface area contributed by atoms with E-state index in [2.05, 4.69) is 25.6 Å². The lowest BCUT2D eigenvalue weighted by Gasteiger charge is -2.28. The summed E-state index contributed by atoms with van der Waals surface area (Å²) < 4.78 is 14.7. The summed E-state index contributed by atoms with van der Waals surface area (Å²) in [6, 6.07) is 5.07.